The fourth-order valence-corrected chi connectivity index (χ4v) is 2.13. The molecule has 0 radical (unpaired) electrons. The predicted molar refractivity (Wildman–Crippen MR) is 69.1 cm³/mol. The molecule has 94 valence electrons. The summed E-state index contributed by atoms with van der Waals surface area (Å²) in [5, 5.41) is 0. The minimum Gasteiger partial charge on any atom is -0.478 e. The number of piperidine rings is 1. The van der Waals surface area contributed by atoms with Crippen LogP contribution < -0.4 is 10.5 Å². The number of nitrogens with zero attached hydrogens (tertiary/aromatic N) is 2. The van der Waals surface area contributed by atoms with E-state index in [4.69, 9.17) is 10.5 Å². The van der Waals surface area contributed by atoms with Crippen LogP contribution in [0.4, 0.5) is 5.69 Å². The maximum Gasteiger partial charge on any atom is 0.213 e. The number of ether oxygens (including phenoxy) is 1. The van der Waals surface area contributed by atoms with E-state index in [0.29, 0.717) is 11.6 Å². The molecular weight excluding hydrogens is 214 g/mol. The van der Waals surface area contributed by atoms with Gasteiger partial charge in [-0.25, -0.2) is 4.98 Å². The minimum absolute atomic E-state index is 0.665. The van der Waals surface area contributed by atoms with E-state index in [1.165, 1.54) is 32.4 Å². The summed E-state index contributed by atoms with van der Waals surface area (Å²) in [6.07, 6.45) is 6.77. The first-order chi connectivity index (χ1) is 8.34. The van der Waals surface area contributed by atoms with Gasteiger partial charge in [0.05, 0.1) is 18.5 Å². The molecule has 1 aromatic heterocycles. The predicted octanol–water partition coefficient (Wildman–Crippen LogP) is 1.92. The standard InChI is InChI=1S/C13H21N3O/c14-12-5-6-13(15-11-12)17-10-4-9-16-7-2-1-3-8-16/h5-6,11H,1-4,7-10,14H2. The molecule has 0 aliphatic carbocycles. The monoisotopic (exact) mass is 235 g/mol. The molecule has 0 saturated carbocycles. The molecule has 4 heteroatoms. The molecule has 1 saturated heterocycles. The van der Waals surface area contributed by atoms with E-state index in [0.717, 1.165) is 19.6 Å². The van der Waals surface area contributed by atoms with Crippen LogP contribution >= 0.6 is 0 Å². The first kappa shape index (κ1) is 12.2. The smallest absolute Gasteiger partial charge is 0.213 e. The molecule has 2 heterocycles. The molecule has 1 aliphatic rings. The first-order valence-corrected chi connectivity index (χ1v) is 6.41. The van der Waals surface area contributed by atoms with E-state index in [9.17, 15) is 0 Å². The zero-order valence-electron chi connectivity index (χ0n) is 10.3. The number of nitrogen functional groups attached to an aromatic ring is 1. The van der Waals surface area contributed by atoms with Gasteiger partial charge in [0.25, 0.3) is 0 Å². The summed E-state index contributed by atoms with van der Waals surface area (Å²) < 4.78 is 5.56. The average Bonchev–Trinajstić information content (AvgIpc) is 2.38. The van der Waals surface area contributed by atoms with Crippen molar-refractivity contribution in [2.24, 2.45) is 0 Å². The Labute approximate surface area is 103 Å². The lowest BCUT2D eigenvalue weighted by Gasteiger charge is -2.26. The maximum atomic E-state index is 5.56. The van der Waals surface area contributed by atoms with Crippen molar-refractivity contribution >= 4 is 5.69 Å². The average molecular weight is 235 g/mol. The molecule has 0 spiro atoms. The van der Waals surface area contributed by atoms with Gasteiger partial charge in [-0.05, 0) is 38.4 Å². The molecule has 0 aromatic carbocycles. The molecule has 0 unspecified atom stereocenters. The molecule has 0 atom stereocenters. The number of rotatable bonds is 5. The minimum atomic E-state index is 0.665. The molecule has 1 aliphatic heterocycles. The molecule has 1 fully saturated rings. The summed E-state index contributed by atoms with van der Waals surface area (Å²) in [6, 6.07) is 3.63. The molecule has 1 aromatic rings. The molecule has 17 heavy (non-hydrogen) atoms. The Morgan fingerprint density at radius 2 is 2.06 bits per heavy atom. The van der Waals surface area contributed by atoms with E-state index < -0.39 is 0 Å². The van der Waals surface area contributed by atoms with Crippen LogP contribution in [0.15, 0.2) is 18.3 Å². The van der Waals surface area contributed by atoms with Crippen LogP contribution in [0.5, 0.6) is 5.88 Å². The Morgan fingerprint density at radius 1 is 1.24 bits per heavy atom. The quantitative estimate of drug-likeness (QED) is 0.792. The Balaban J connectivity index is 1.60. The van der Waals surface area contributed by atoms with Crippen molar-refractivity contribution in [3.05, 3.63) is 18.3 Å². The van der Waals surface area contributed by atoms with Gasteiger partial charge in [-0.15, -0.1) is 0 Å². The summed E-state index contributed by atoms with van der Waals surface area (Å²) in [7, 11) is 0. The summed E-state index contributed by atoms with van der Waals surface area (Å²) >= 11 is 0. The highest BCUT2D eigenvalue weighted by Gasteiger charge is 2.08. The molecule has 4 nitrogen and oxygen atoms in total. The van der Waals surface area contributed by atoms with Gasteiger partial charge in [0.15, 0.2) is 0 Å². The van der Waals surface area contributed by atoms with Crippen molar-refractivity contribution < 1.29 is 4.74 Å². The topological polar surface area (TPSA) is 51.4 Å². The summed E-state index contributed by atoms with van der Waals surface area (Å²) in [5.74, 6) is 0.665. The van der Waals surface area contributed by atoms with Crippen molar-refractivity contribution in [2.45, 2.75) is 25.7 Å². The lowest BCUT2D eigenvalue weighted by atomic mass is 10.1. The zero-order valence-corrected chi connectivity index (χ0v) is 10.3. The second-order valence-corrected chi connectivity index (χ2v) is 4.53. The van der Waals surface area contributed by atoms with Crippen LogP contribution in [0.1, 0.15) is 25.7 Å². The third kappa shape index (κ3) is 4.23. The van der Waals surface area contributed by atoms with E-state index in [1.54, 1.807) is 6.20 Å². The van der Waals surface area contributed by atoms with E-state index in [1.807, 2.05) is 12.1 Å². The van der Waals surface area contributed by atoms with Gasteiger partial charge in [-0.2, -0.15) is 0 Å². The Hall–Kier alpha value is -1.29. The first-order valence-electron chi connectivity index (χ1n) is 6.41. The van der Waals surface area contributed by atoms with Crippen molar-refractivity contribution in [3.8, 4) is 5.88 Å². The van der Waals surface area contributed by atoms with Gasteiger partial charge >= 0.3 is 0 Å². The summed E-state index contributed by atoms with van der Waals surface area (Å²) in [6.45, 7) is 4.36. The Morgan fingerprint density at radius 3 is 2.76 bits per heavy atom. The van der Waals surface area contributed by atoms with E-state index >= 15 is 0 Å². The zero-order chi connectivity index (χ0) is 11.9. The number of likely N-dealkylation sites (tertiary alicyclic amines) is 1. The van der Waals surface area contributed by atoms with Gasteiger partial charge in [0, 0.05) is 12.6 Å². The Bertz CT molecular complexity index is 320. The van der Waals surface area contributed by atoms with Crippen molar-refractivity contribution in [3.63, 3.8) is 0 Å². The highest BCUT2D eigenvalue weighted by atomic mass is 16.5. The van der Waals surface area contributed by atoms with E-state index in [2.05, 4.69) is 9.88 Å². The highest BCUT2D eigenvalue weighted by Crippen LogP contribution is 2.10. The van der Waals surface area contributed by atoms with Crippen LogP contribution in [0, 0.1) is 0 Å². The number of hydrogen-bond acceptors (Lipinski definition) is 4. The largest absolute Gasteiger partial charge is 0.478 e. The van der Waals surface area contributed by atoms with Crippen molar-refractivity contribution in [1.29, 1.82) is 0 Å². The molecule has 2 rings (SSSR count). The third-order valence-corrected chi connectivity index (χ3v) is 3.08. The lowest BCUT2D eigenvalue weighted by Crippen LogP contribution is -2.31. The molecular formula is C13H21N3O. The highest BCUT2D eigenvalue weighted by molar-refractivity contribution is 5.35. The van der Waals surface area contributed by atoms with Crippen LogP contribution in [-0.4, -0.2) is 36.1 Å². The van der Waals surface area contributed by atoms with Gasteiger partial charge in [0.1, 0.15) is 0 Å². The van der Waals surface area contributed by atoms with Gasteiger partial charge < -0.3 is 15.4 Å². The maximum absolute atomic E-state index is 5.56. The van der Waals surface area contributed by atoms with Gasteiger partial charge in [0.2, 0.25) is 5.88 Å². The third-order valence-electron chi connectivity index (χ3n) is 3.08. The fraction of sp³-hybridized carbons (Fsp3) is 0.615. The number of nitrogens with two attached hydrogens (primary N) is 1. The van der Waals surface area contributed by atoms with Gasteiger partial charge in [-0.1, -0.05) is 6.42 Å². The Kier molecular flexibility index (Phi) is 4.62. The van der Waals surface area contributed by atoms with Crippen molar-refractivity contribution in [1.82, 2.24) is 9.88 Å². The van der Waals surface area contributed by atoms with Gasteiger partial charge in [-0.3, -0.25) is 0 Å². The normalized spacial score (nSPS) is 16.9. The number of aromatic nitrogens is 1. The van der Waals surface area contributed by atoms with Crippen LogP contribution in [0.3, 0.4) is 0 Å². The van der Waals surface area contributed by atoms with Crippen LogP contribution in [-0.2, 0) is 0 Å². The SMILES string of the molecule is Nc1ccc(OCCCN2CCCCC2)nc1. The van der Waals surface area contributed by atoms with Crippen LogP contribution in [0.25, 0.3) is 0 Å². The summed E-state index contributed by atoms with van der Waals surface area (Å²) in [5.41, 5.74) is 6.23. The number of pyridine rings is 1. The molecule has 2 N–H and O–H groups in total. The summed E-state index contributed by atoms with van der Waals surface area (Å²) in [4.78, 5) is 6.62. The van der Waals surface area contributed by atoms with E-state index in [-0.39, 0.29) is 0 Å². The molecule has 0 amide bonds. The van der Waals surface area contributed by atoms with Crippen molar-refractivity contribution in [2.75, 3.05) is 32.0 Å². The second-order valence-electron chi connectivity index (χ2n) is 4.53. The van der Waals surface area contributed by atoms with Crippen LogP contribution in [0.2, 0.25) is 0 Å². The molecule has 0 bridgehead atoms. The number of hydrogen-bond donors (Lipinski definition) is 1. The number of anilines is 1. The fourth-order valence-electron chi connectivity index (χ4n) is 2.13. The second kappa shape index (κ2) is 6.45. The lowest BCUT2D eigenvalue weighted by molar-refractivity contribution is 0.203.